The van der Waals surface area contributed by atoms with Gasteiger partial charge in [-0.1, -0.05) is 0 Å². The van der Waals surface area contributed by atoms with E-state index < -0.39 is 11.9 Å². The van der Waals surface area contributed by atoms with Crippen molar-refractivity contribution in [1.29, 1.82) is 0 Å². The minimum Gasteiger partial charge on any atom is -0.355 e. The number of hydrogen-bond donors (Lipinski definition) is 1. The number of hydrogen-bond acceptors (Lipinski definition) is 4. The summed E-state index contributed by atoms with van der Waals surface area (Å²) >= 11 is 0. The minimum absolute atomic E-state index is 0.301. The molecule has 7 heteroatoms. The summed E-state index contributed by atoms with van der Waals surface area (Å²) in [5, 5.41) is 10.4. The predicted octanol–water partition coefficient (Wildman–Crippen LogP) is 2.08. The first-order chi connectivity index (χ1) is 9.49. The second kappa shape index (κ2) is 4.87. The molecule has 0 amide bonds. The quantitative estimate of drug-likeness (QED) is 0.858. The minimum atomic E-state index is -4.42. The fraction of sp³-hybridized carbons (Fsp3) is 0.692. The van der Waals surface area contributed by atoms with E-state index in [0.717, 1.165) is 51.5 Å². The van der Waals surface area contributed by atoms with Crippen LogP contribution in [0.2, 0.25) is 0 Å². The highest BCUT2D eigenvalue weighted by Crippen LogP contribution is 2.40. The Morgan fingerprint density at radius 3 is 2.45 bits per heavy atom. The summed E-state index contributed by atoms with van der Waals surface area (Å²) in [6.45, 7) is 3.76. The average Bonchev–Trinajstić information content (AvgIpc) is 2.83. The van der Waals surface area contributed by atoms with Gasteiger partial charge in [0.15, 0.2) is 11.5 Å². The van der Waals surface area contributed by atoms with E-state index in [2.05, 4.69) is 20.4 Å². The molecule has 1 spiro atoms. The lowest BCUT2D eigenvalue weighted by atomic mass is 9.78. The zero-order chi connectivity index (χ0) is 14.2. The molecule has 4 nitrogen and oxygen atoms in total. The summed E-state index contributed by atoms with van der Waals surface area (Å²) in [6, 6.07) is 2.44. The number of halogens is 3. The molecule has 0 atom stereocenters. The maximum atomic E-state index is 12.5. The van der Waals surface area contributed by atoms with Crippen molar-refractivity contribution in [2.45, 2.75) is 25.4 Å². The van der Waals surface area contributed by atoms with Gasteiger partial charge in [0.05, 0.1) is 0 Å². The molecule has 1 N–H and O–H groups in total. The fourth-order valence-corrected chi connectivity index (χ4v) is 3.14. The molecule has 2 fully saturated rings. The lowest BCUT2D eigenvalue weighted by molar-refractivity contribution is -0.141. The molecule has 2 saturated heterocycles. The predicted molar refractivity (Wildman–Crippen MR) is 68.4 cm³/mol. The van der Waals surface area contributed by atoms with E-state index in [4.69, 9.17) is 0 Å². The molecule has 110 valence electrons. The largest absolute Gasteiger partial charge is 0.435 e. The summed E-state index contributed by atoms with van der Waals surface area (Å²) in [4.78, 5) is 2.05. The maximum Gasteiger partial charge on any atom is 0.435 e. The van der Waals surface area contributed by atoms with Crippen LogP contribution in [0.4, 0.5) is 19.0 Å². The Morgan fingerprint density at radius 2 is 1.85 bits per heavy atom. The molecule has 1 aromatic rings. The Bertz CT molecular complexity index is 465. The Labute approximate surface area is 115 Å². The molecule has 0 bridgehead atoms. The summed E-state index contributed by atoms with van der Waals surface area (Å²) < 4.78 is 37.4. The molecule has 2 aliphatic rings. The first-order valence-corrected chi connectivity index (χ1v) is 6.85. The van der Waals surface area contributed by atoms with Crippen LogP contribution >= 0.6 is 0 Å². The van der Waals surface area contributed by atoms with Gasteiger partial charge < -0.3 is 10.2 Å². The average molecular weight is 286 g/mol. The van der Waals surface area contributed by atoms with Crippen molar-refractivity contribution in [2.75, 3.05) is 31.1 Å². The van der Waals surface area contributed by atoms with Crippen molar-refractivity contribution in [3.8, 4) is 0 Å². The van der Waals surface area contributed by atoms with Crippen LogP contribution in [0.15, 0.2) is 12.1 Å². The van der Waals surface area contributed by atoms with Crippen LogP contribution in [0.3, 0.4) is 0 Å². The van der Waals surface area contributed by atoms with Crippen LogP contribution < -0.4 is 10.2 Å². The zero-order valence-electron chi connectivity index (χ0n) is 11.1. The van der Waals surface area contributed by atoms with Gasteiger partial charge in [-0.15, -0.1) is 10.2 Å². The number of alkyl halides is 3. The second-order valence-electron chi connectivity index (χ2n) is 5.70. The topological polar surface area (TPSA) is 41.0 Å². The third-order valence-corrected chi connectivity index (χ3v) is 4.37. The van der Waals surface area contributed by atoms with E-state index in [9.17, 15) is 13.2 Å². The van der Waals surface area contributed by atoms with Crippen LogP contribution in [0.5, 0.6) is 0 Å². The number of piperidine rings is 1. The standard InChI is InChI=1S/C13H17F3N4/c14-13(15,16)10-1-2-11(19-18-10)20-8-5-12(9-20)3-6-17-7-4-12/h1-2,17H,3-9H2. The fourth-order valence-electron chi connectivity index (χ4n) is 3.14. The molecule has 0 radical (unpaired) electrons. The summed E-state index contributed by atoms with van der Waals surface area (Å²) in [7, 11) is 0. The van der Waals surface area contributed by atoms with Gasteiger partial charge in [0, 0.05) is 13.1 Å². The van der Waals surface area contributed by atoms with Crippen LogP contribution in [0.25, 0.3) is 0 Å². The van der Waals surface area contributed by atoms with Crippen LogP contribution in [0.1, 0.15) is 25.0 Å². The van der Waals surface area contributed by atoms with Gasteiger partial charge in [-0.25, -0.2) is 0 Å². The van der Waals surface area contributed by atoms with Gasteiger partial charge in [-0.3, -0.25) is 0 Å². The summed E-state index contributed by atoms with van der Waals surface area (Å²) in [5.41, 5.74) is -0.632. The van der Waals surface area contributed by atoms with E-state index in [1.807, 2.05) is 0 Å². The highest BCUT2D eigenvalue weighted by molar-refractivity contribution is 5.39. The molecule has 0 aromatic carbocycles. The van der Waals surface area contributed by atoms with Crippen molar-refractivity contribution < 1.29 is 13.2 Å². The number of anilines is 1. The van der Waals surface area contributed by atoms with E-state index in [1.54, 1.807) is 0 Å². The summed E-state index contributed by atoms with van der Waals surface area (Å²) in [5.74, 6) is 0.549. The first-order valence-electron chi connectivity index (χ1n) is 6.85. The van der Waals surface area contributed by atoms with Gasteiger partial charge in [0.25, 0.3) is 0 Å². The van der Waals surface area contributed by atoms with E-state index in [1.165, 1.54) is 6.07 Å². The number of rotatable bonds is 1. The Morgan fingerprint density at radius 1 is 1.10 bits per heavy atom. The molecule has 0 aliphatic carbocycles. The van der Waals surface area contributed by atoms with Gasteiger partial charge in [0.1, 0.15) is 0 Å². The molecule has 3 rings (SSSR count). The normalized spacial score (nSPS) is 22.4. The number of nitrogens with one attached hydrogen (secondary N) is 1. The van der Waals surface area contributed by atoms with Gasteiger partial charge in [0.2, 0.25) is 0 Å². The lowest BCUT2D eigenvalue weighted by Gasteiger charge is -2.33. The van der Waals surface area contributed by atoms with E-state index >= 15 is 0 Å². The SMILES string of the molecule is FC(F)(F)c1ccc(N2CCC3(CCNCC3)C2)nn1. The number of nitrogens with zero attached hydrogens (tertiary/aromatic N) is 3. The molecule has 2 aliphatic heterocycles. The van der Waals surface area contributed by atoms with E-state index in [-0.39, 0.29) is 0 Å². The van der Waals surface area contributed by atoms with Crippen LogP contribution in [-0.2, 0) is 6.18 Å². The molecule has 0 unspecified atom stereocenters. The molecule has 0 saturated carbocycles. The molecule has 1 aromatic heterocycles. The summed E-state index contributed by atoms with van der Waals surface area (Å²) in [6.07, 6.45) is -1.10. The van der Waals surface area contributed by atoms with Crippen molar-refractivity contribution in [3.05, 3.63) is 17.8 Å². The van der Waals surface area contributed by atoms with Crippen molar-refractivity contribution in [3.63, 3.8) is 0 Å². The van der Waals surface area contributed by atoms with Crippen molar-refractivity contribution in [1.82, 2.24) is 15.5 Å². The lowest BCUT2D eigenvalue weighted by Crippen LogP contribution is -2.38. The van der Waals surface area contributed by atoms with Crippen molar-refractivity contribution in [2.24, 2.45) is 5.41 Å². The monoisotopic (exact) mass is 286 g/mol. The van der Waals surface area contributed by atoms with Gasteiger partial charge in [-0.05, 0) is 49.9 Å². The third-order valence-electron chi connectivity index (χ3n) is 4.37. The van der Waals surface area contributed by atoms with Gasteiger partial charge >= 0.3 is 6.18 Å². The van der Waals surface area contributed by atoms with Gasteiger partial charge in [-0.2, -0.15) is 13.2 Å². The van der Waals surface area contributed by atoms with Crippen LogP contribution in [-0.4, -0.2) is 36.4 Å². The highest BCUT2D eigenvalue weighted by Gasteiger charge is 2.39. The highest BCUT2D eigenvalue weighted by atomic mass is 19.4. The first kappa shape index (κ1) is 13.6. The zero-order valence-corrected chi connectivity index (χ0v) is 11.1. The molecular formula is C13H17F3N4. The third kappa shape index (κ3) is 2.59. The smallest absolute Gasteiger partial charge is 0.355 e. The Kier molecular flexibility index (Phi) is 3.32. The second-order valence-corrected chi connectivity index (χ2v) is 5.70. The maximum absolute atomic E-state index is 12.5. The molecule has 20 heavy (non-hydrogen) atoms. The number of aromatic nitrogens is 2. The molecule has 3 heterocycles. The van der Waals surface area contributed by atoms with Crippen LogP contribution in [0, 0.1) is 5.41 Å². The van der Waals surface area contributed by atoms with Crippen molar-refractivity contribution >= 4 is 5.82 Å². The Balaban J connectivity index is 1.71. The van der Waals surface area contributed by atoms with E-state index in [0.29, 0.717) is 11.2 Å². The Hall–Kier alpha value is -1.37. The molecular weight excluding hydrogens is 269 g/mol.